The molecule has 1 N–H and O–H groups in total. The second-order valence-electron chi connectivity index (χ2n) is 5.87. The molecule has 0 aromatic heterocycles. The smallest absolute Gasteiger partial charge is 0.224 e. The van der Waals surface area contributed by atoms with Gasteiger partial charge in [0.15, 0.2) is 0 Å². The Bertz CT molecular complexity index is 483. The first-order valence-corrected chi connectivity index (χ1v) is 7.46. The van der Waals surface area contributed by atoms with E-state index >= 15 is 0 Å². The molecule has 2 amide bonds. The van der Waals surface area contributed by atoms with E-state index in [4.69, 9.17) is 0 Å². The molecular weight excluding hydrogens is 264 g/mol. The van der Waals surface area contributed by atoms with Gasteiger partial charge in [0, 0.05) is 26.6 Å². The highest BCUT2D eigenvalue weighted by molar-refractivity contribution is 5.78. The van der Waals surface area contributed by atoms with Crippen molar-refractivity contribution in [1.82, 2.24) is 10.2 Å². The second-order valence-corrected chi connectivity index (χ2v) is 5.87. The lowest BCUT2D eigenvalue weighted by Gasteiger charge is -2.23. The number of hydrogen-bond acceptors (Lipinski definition) is 2. The number of hydrogen-bond donors (Lipinski definition) is 1. The Morgan fingerprint density at radius 1 is 1.29 bits per heavy atom. The fourth-order valence-corrected chi connectivity index (χ4v) is 2.22. The second kappa shape index (κ2) is 8.45. The van der Waals surface area contributed by atoms with E-state index in [9.17, 15) is 9.59 Å². The SMILES string of the molecule is CC(=O)N(CCNC(=O)Cc1cccc(C)c1)CC(C)C. The third-order valence-electron chi connectivity index (χ3n) is 3.18. The molecule has 21 heavy (non-hydrogen) atoms. The van der Waals surface area contributed by atoms with Crippen molar-refractivity contribution in [1.29, 1.82) is 0 Å². The summed E-state index contributed by atoms with van der Waals surface area (Å²) in [5.74, 6) is 0.474. The van der Waals surface area contributed by atoms with Crippen molar-refractivity contribution in [3.05, 3.63) is 35.4 Å². The molecule has 0 aliphatic rings. The van der Waals surface area contributed by atoms with Crippen LogP contribution in [0.2, 0.25) is 0 Å². The number of benzene rings is 1. The number of carbonyl (C=O) groups excluding carboxylic acids is 2. The summed E-state index contributed by atoms with van der Waals surface area (Å²) in [4.78, 5) is 25.2. The molecule has 0 heterocycles. The summed E-state index contributed by atoms with van der Waals surface area (Å²) < 4.78 is 0. The zero-order chi connectivity index (χ0) is 15.8. The average Bonchev–Trinajstić information content (AvgIpc) is 2.36. The van der Waals surface area contributed by atoms with Gasteiger partial charge in [0.1, 0.15) is 0 Å². The highest BCUT2D eigenvalue weighted by atomic mass is 16.2. The van der Waals surface area contributed by atoms with Crippen LogP contribution in [0.1, 0.15) is 31.9 Å². The number of rotatable bonds is 7. The van der Waals surface area contributed by atoms with Gasteiger partial charge in [-0.2, -0.15) is 0 Å². The summed E-state index contributed by atoms with van der Waals surface area (Å²) >= 11 is 0. The summed E-state index contributed by atoms with van der Waals surface area (Å²) in [5.41, 5.74) is 2.16. The summed E-state index contributed by atoms with van der Waals surface area (Å²) in [6, 6.07) is 7.93. The molecule has 1 rings (SSSR count). The summed E-state index contributed by atoms with van der Waals surface area (Å²) in [5, 5.41) is 2.88. The zero-order valence-electron chi connectivity index (χ0n) is 13.5. The maximum atomic E-state index is 11.9. The predicted octanol–water partition coefficient (Wildman–Crippen LogP) is 2.16. The van der Waals surface area contributed by atoms with E-state index in [2.05, 4.69) is 19.2 Å². The highest BCUT2D eigenvalue weighted by Crippen LogP contribution is 2.04. The molecular formula is C17H26N2O2. The van der Waals surface area contributed by atoms with Crippen molar-refractivity contribution < 1.29 is 9.59 Å². The van der Waals surface area contributed by atoms with Gasteiger partial charge in [0.2, 0.25) is 11.8 Å². The Kier molecular flexibility index (Phi) is 6.92. The van der Waals surface area contributed by atoms with Gasteiger partial charge >= 0.3 is 0 Å². The zero-order valence-corrected chi connectivity index (χ0v) is 13.5. The standard InChI is InChI=1S/C17H26N2O2/c1-13(2)12-19(15(4)20)9-8-18-17(21)11-16-7-5-6-14(3)10-16/h5-7,10,13H,8-9,11-12H2,1-4H3,(H,18,21). The van der Waals surface area contributed by atoms with Crippen molar-refractivity contribution in [2.24, 2.45) is 5.92 Å². The lowest BCUT2D eigenvalue weighted by molar-refractivity contribution is -0.130. The monoisotopic (exact) mass is 290 g/mol. The number of nitrogens with zero attached hydrogens (tertiary/aromatic N) is 1. The highest BCUT2D eigenvalue weighted by Gasteiger charge is 2.11. The molecule has 0 saturated carbocycles. The number of nitrogens with one attached hydrogen (secondary N) is 1. The molecule has 0 fully saturated rings. The summed E-state index contributed by atoms with van der Waals surface area (Å²) in [6.07, 6.45) is 0.381. The van der Waals surface area contributed by atoms with Crippen LogP contribution in [0, 0.1) is 12.8 Å². The fourth-order valence-electron chi connectivity index (χ4n) is 2.22. The van der Waals surface area contributed by atoms with E-state index in [0.29, 0.717) is 25.4 Å². The maximum absolute atomic E-state index is 11.9. The third-order valence-corrected chi connectivity index (χ3v) is 3.18. The van der Waals surface area contributed by atoms with Crippen LogP contribution in [0.3, 0.4) is 0 Å². The van der Waals surface area contributed by atoms with Gasteiger partial charge in [0.05, 0.1) is 6.42 Å². The van der Waals surface area contributed by atoms with Gasteiger partial charge in [-0.25, -0.2) is 0 Å². The van der Waals surface area contributed by atoms with Crippen LogP contribution >= 0.6 is 0 Å². The Balaban J connectivity index is 2.37. The Morgan fingerprint density at radius 3 is 2.57 bits per heavy atom. The van der Waals surface area contributed by atoms with Gasteiger partial charge < -0.3 is 10.2 Å². The fraction of sp³-hybridized carbons (Fsp3) is 0.529. The quantitative estimate of drug-likeness (QED) is 0.836. The van der Waals surface area contributed by atoms with Crippen LogP contribution in [0.4, 0.5) is 0 Å². The number of amides is 2. The van der Waals surface area contributed by atoms with Crippen LogP contribution in [-0.2, 0) is 16.0 Å². The predicted molar refractivity (Wildman–Crippen MR) is 85.0 cm³/mol. The molecule has 0 saturated heterocycles. The largest absolute Gasteiger partial charge is 0.354 e. The van der Waals surface area contributed by atoms with Crippen LogP contribution in [0.25, 0.3) is 0 Å². The third kappa shape index (κ3) is 6.93. The van der Waals surface area contributed by atoms with Gasteiger partial charge in [-0.05, 0) is 18.4 Å². The Morgan fingerprint density at radius 2 is 2.00 bits per heavy atom. The van der Waals surface area contributed by atoms with E-state index in [1.54, 1.807) is 11.8 Å². The molecule has 0 atom stereocenters. The van der Waals surface area contributed by atoms with E-state index < -0.39 is 0 Å². The van der Waals surface area contributed by atoms with E-state index in [-0.39, 0.29) is 11.8 Å². The normalized spacial score (nSPS) is 10.5. The van der Waals surface area contributed by atoms with E-state index in [0.717, 1.165) is 17.7 Å². The first-order valence-electron chi connectivity index (χ1n) is 7.46. The molecule has 1 aromatic rings. The van der Waals surface area contributed by atoms with E-state index in [1.807, 2.05) is 31.2 Å². The Labute approximate surface area is 127 Å². The molecule has 4 nitrogen and oxygen atoms in total. The minimum atomic E-state index is -0.00588. The first kappa shape index (κ1) is 17.2. The average molecular weight is 290 g/mol. The lowest BCUT2D eigenvalue weighted by Crippen LogP contribution is -2.39. The number of aryl methyl sites for hydroxylation is 1. The van der Waals surface area contributed by atoms with Crippen molar-refractivity contribution in [3.8, 4) is 0 Å². The minimum absolute atomic E-state index is 0.00588. The van der Waals surface area contributed by atoms with Crippen LogP contribution in [-0.4, -0.2) is 36.3 Å². The lowest BCUT2D eigenvalue weighted by atomic mass is 10.1. The van der Waals surface area contributed by atoms with Gasteiger partial charge in [-0.15, -0.1) is 0 Å². The molecule has 1 aromatic carbocycles. The van der Waals surface area contributed by atoms with E-state index in [1.165, 1.54) is 0 Å². The van der Waals surface area contributed by atoms with Crippen molar-refractivity contribution >= 4 is 11.8 Å². The Hall–Kier alpha value is -1.84. The maximum Gasteiger partial charge on any atom is 0.224 e. The summed E-state index contributed by atoms with van der Waals surface area (Å²) in [6.45, 7) is 9.51. The molecule has 0 bridgehead atoms. The summed E-state index contributed by atoms with van der Waals surface area (Å²) in [7, 11) is 0. The van der Waals surface area contributed by atoms with Gasteiger partial charge in [-0.3, -0.25) is 9.59 Å². The van der Waals surface area contributed by atoms with Crippen molar-refractivity contribution in [3.63, 3.8) is 0 Å². The van der Waals surface area contributed by atoms with Crippen molar-refractivity contribution in [2.75, 3.05) is 19.6 Å². The first-order chi connectivity index (χ1) is 9.88. The van der Waals surface area contributed by atoms with Crippen LogP contribution in [0.5, 0.6) is 0 Å². The molecule has 4 heteroatoms. The van der Waals surface area contributed by atoms with Gasteiger partial charge in [-0.1, -0.05) is 43.7 Å². The van der Waals surface area contributed by atoms with Gasteiger partial charge in [0.25, 0.3) is 0 Å². The molecule has 0 aliphatic heterocycles. The van der Waals surface area contributed by atoms with Crippen LogP contribution < -0.4 is 5.32 Å². The van der Waals surface area contributed by atoms with Crippen molar-refractivity contribution in [2.45, 2.75) is 34.1 Å². The molecule has 0 spiro atoms. The number of carbonyl (C=O) groups is 2. The molecule has 0 radical (unpaired) electrons. The molecule has 0 unspecified atom stereocenters. The minimum Gasteiger partial charge on any atom is -0.354 e. The molecule has 0 aliphatic carbocycles. The molecule has 116 valence electrons. The van der Waals surface area contributed by atoms with Crippen LogP contribution in [0.15, 0.2) is 24.3 Å². The topological polar surface area (TPSA) is 49.4 Å².